The highest BCUT2D eigenvalue weighted by atomic mass is 79.9. The highest BCUT2D eigenvalue weighted by Crippen LogP contribution is 2.45. The maximum absolute atomic E-state index is 11.2. The average Bonchev–Trinajstić information content (AvgIpc) is 2.05. The molecule has 0 saturated heterocycles. The number of hydrogen-bond donors (Lipinski definition) is 1. The zero-order valence-corrected chi connectivity index (χ0v) is 8.99. The molecule has 1 aromatic heterocycles. The molecule has 0 unspecified atom stereocenters. The van der Waals surface area contributed by atoms with Crippen molar-refractivity contribution in [2.45, 2.75) is 24.7 Å². The maximum atomic E-state index is 11.2. The van der Waals surface area contributed by atoms with Crippen LogP contribution in [0.1, 0.15) is 25.0 Å². The molecule has 1 aliphatic carbocycles. The summed E-state index contributed by atoms with van der Waals surface area (Å²) < 4.78 is 0.683. The Morgan fingerprint density at radius 2 is 2.29 bits per heavy atom. The van der Waals surface area contributed by atoms with Crippen molar-refractivity contribution in [2.75, 3.05) is 0 Å². The number of nitrogens with zero attached hydrogens (tertiary/aromatic N) is 2. The zero-order chi connectivity index (χ0) is 10.2. The third kappa shape index (κ3) is 1.23. The molecule has 0 atom stereocenters. The largest absolute Gasteiger partial charge is 0.481 e. The number of aliphatic carboxylic acids is 1. The lowest BCUT2D eigenvalue weighted by atomic mass is 9.66. The molecule has 1 N–H and O–H groups in total. The van der Waals surface area contributed by atoms with E-state index in [2.05, 4.69) is 25.9 Å². The molecule has 0 aliphatic heterocycles. The monoisotopic (exact) mass is 256 g/mol. The molecule has 0 bridgehead atoms. The summed E-state index contributed by atoms with van der Waals surface area (Å²) in [5.74, 6) is -0.789. The lowest BCUT2D eigenvalue weighted by Crippen LogP contribution is -2.43. The average molecular weight is 257 g/mol. The predicted octanol–water partition coefficient (Wildman–Crippen LogP) is 1.75. The Morgan fingerprint density at radius 1 is 1.57 bits per heavy atom. The van der Waals surface area contributed by atoms with E-state index in [1.807, 2.05) is 0 Å². The number of aromatic nitrogens is 2. The summed E-state index contributed by atoms with van der Waals surface area (Å²) in [4.78, 5) is 19.1. The lowest BCUT2D eigenvalue weighted by molar-refractivity contribution is -0.147. The van der Waals surface area contributed by atoms with E-state index in [1.165, 1.54) is 6.33 Å². The molecular formula is C9H9BrN2O2. The second-order valence-electron chi connectivity index (χ2n) is 3.46. The first kappa shape index (κ1) is 9.58. The van der Waals surface area contributed by atoms with Crippen LogP contribution in [0.25, 0.3) is 0 Å². The van der Waals surface area contributed by atoms with Gasteiger partial charge in [-0.3, -0.25) is 4.79 Å². The van der Waals surface area contributed by atoms with Gasteiger partial charge in [0, 0.05) is 6.20 Å². The number of halogens is 1. The molecule has 1 aliphatic rings. The molecule has 1 heterocycles. The summed E-state index contributed by atoms with van der Waals surface area (Å²) >= 11 is 3.29. The molecular weight excluding hydrogens is 248 g/mol. The van der Waals surface area contributed by atoms with Crippen LogP contribution in [0.4, 0.5) is 0 Å². The van der Waals surface area contributed by atoms with Crippen LogP contribution >= 0.6 is 15.9 Å². The van der Waals surface area contributed by atoms with Gasteiger partial charge in [-0.05, 0) is 28.8 Å². The van der Waals surface area contributed by atoms with Crippen molar-refractivity contribution in [3.63, 3.8) is 0 Å². The van der Waals surface area contributed by atoms with E-state index in [4.69, 9.17) is 0 Å². The SMILES string of the molecule is O=C(O)C1(c2ncncc2Br)CCC1. The van der Waals surface area contributed by atoms with Crippen LogP contribution < -0.4 is 0 Å². The smallest absolute Gasteiger partial charge is 0.315 e. The number of carbonyl (C=O) groups is 1. The third-order valence-electron chi connectivity index (χ3n) is 2.74. The van der Waals surface area contributed by atoms with Gasteiger partial charge in [0.1, 0.15) is 11.7 Å². The van der Waals surface area contributed by atoms with Gasteiger partial charge in [-0.15, -0.1) is 0 Å². The Morgan fingerprint density at radius 3 is 2.71 bits per heavy atom. The molecule has 1 fully saturated rings. The van der Waals surface area contributed by atoms with E-state index in [0.29, 0.717) is 23.0 Å². The van der Waals surface area contributed by atoms with E-state index >= 15 is 0 Å². The fourth-order valence-corrected chi connectivity index (χ4v) is 2.35. The van der Waals surface area contributed by atoms with Gasteiger partial charge in [-0.2, -0.15) is 0 Å². The summed E-state index contributed by atoms with van der Waals surface area (Å²) in [5, 5.41) is 9.18. The maximum Gasteiger partial charge on any atom is 0.315 e. The summed E-state index contributed by atoms with van der Waals surface area (Å²) in [6.07, 6.45) is 5.26. The zero-order valence-electron chi connectivity index (χ0n) is 7.40. The van der Waals surface area contributed by atoms with Crippen LogP contribution in [-0.4, -0.2) is 21.0 Å². The number of hydrogen-bond acceptors (Lipinski definition) is 3. The van der Waals surface area contributed by atoms with Crippen LogP contribution in [-0.2, 0) is 10.2 Å². The van der Waals surface area contributed by atoms with Crippen LogP contribution in [0.2, 0.25) is 0 Å². The minimum Gasteiger partial charge on any atom is -0.481 e. The van der Waals surface area contributed by atoms with Crippen LogP contribution in [0.3, 0.4) is 0 Å². The molecule has 14 heavy (non-hydrogen) atoms. The van der Waals surface area contributed by atoms with E-state index in [-0.39, 0.29) is 0 Å². The summed E-state index contributed by atoms with van der Waals surface area (Å²) in [7, 11) is 0. The fourth-order valence-electron chi connectivity index (χ4n) is 1.75. The molecule has 74 valence electrons. The standard InChI is InChI=1S/C9H9BrN2O2/c10-6-4-11-5-12-7(6)9(8(13)14)2-1-3-9/h4-5H,1-3H2,(H,13,14). The Hall–Kier alpha value is -0.970. The molecule has 2 rings (SSSR count). The van der Waals surface area contributed by atoms with Crippen LogP contribution in [0, 0.1) is 0 Å². The second-order valence-corrected chi connectivity index (χ2v) is 4.31. The Labute approximate surface area is 89.5 Å². The Balaban J connectivity index is 2.47. The first-order chi connectivity index (χ1) is 6.67. The minimum absolute atomic E-state index is 0.603. The van der Waals surface area contributed by atoms with Crippen molar-refractivity contribution in [1.29, 1.82) is 0 Å². The van der Waals surface area contributed by atoms with Crippen molar-refractivity contribution in [3.05, 3.63) is 22.7 Å². The fraction of sp³-hybridized carbons (Fsp3) is 0.444. The van der Waals surface area contributed by atoms with E-state index in [1.54, 1.807) is 6.20 Å². The third-order valence-corrected chi connectivity index (χ3v) is 3.32. The summed E-state index contributed by atoms with van der Waals surface area (Å²) in [5.41, 5.74) is -0.173. The first-order valence-electron chi connectivity index (χ1n) is 4.36. The normalized spacial score (nSPS) is 18.6. The minimum atomic E-state index is -0.789. The highest BCUT2D eigenvalue weighted by Gasteiger charge is 2.48. The molecule has 1 aromatic rings. The highest BCUT2D eigenvalue weighted by molar-refractivity contribution is 9.10. The molecule has 0 amide bonds. The summed E-state index contributed by atoms with van der Waals surface area (Å²) in [6, 6.07) is 0. The van der Waals surface area contributed by atoms with Gasteiger partial charge in [0.2, 0.25) is 0 Å². The number of carboxylic acids is 1. The van der Waals surface area contributed by atoms with Gasteiger partial charge in [0.15, 0.2) is 0 Å². The van der Waals surface area contributed by atoms with Crippen molar-refractivity contribution in [3.8, 4) is 0 Å². The van der Waals surface area contributed by atoms with Gasteiger partial charge in [-0.1, -0.05) is 6.42 Å². The van der Waals surface area contributed by atoms with Gasteiger partial charge in [0.25, 0.3) is 0 Å². The second kappa shape index (κ2) is 3.31. The lowest BCUT2D eigenvalue weighted by Gasteiger charge is -2.37. The van der Waals surface area contributed by atoms with Gasteiger partial charge in [0.05, 0.1) is 10.2 Å². The van der Waals surface area contributed by atoms with Gasteiger partial charge < -0.3 is 5.11 Å². The van der Waals surface area contributed by atoms with Gasteiger partial charge >= 0.3 is 5.97 Å². The molecule has 0 aromatic carbocycles. The number of rotatable bonds is 2. The Kier molecular flexibility index (Phi) is 2.26. The number of carboxylic acid groups (broad SMARTS) is 1. The quantitative estimate of drug-likeness (QED) is 0.876. The van der Waals surface area contributed by atoms with E-state index in [9.17, 15) is 9.90 Å². The van der Waals surface area contributed by atoms with Crippen molar-refractivity contribution in [2.24, 2.45) is 0 Å². The predicted molar refractivity (Wildman–Crippen MR) is 52.9 cm³/mol. The molecule has 0 spiro atoms. The van der Waals surface area contributed by atoms with Crippen LogP contribution in [0.15, 0.2) is 17.0 Å². The molecule has 1 saturated carbocycles. The summed E-state index contributed by atoms with van der Waals surface area (Å²) in [6.45, 7) is 0. The Bertz CT molecular complexity index is 377. The first-order valence-corrected chi connectivity index (χ1v) is 5.15. The van der Waals surface area contributed by atoms with Crippen molar-refractivity contribution >= 4 is 21.9 Å². The molecule has 5 heteroatoms. The van der Waals surface area contributed by atoms with Crippen molar-refractivity contribution in [1.82, 2.24) is 9.97 Å². The van der Waals surface area contributed by atoms with Crippen LogP contribution in [0.5, 0.6) is 0 Å². The van der Waals surface area contributed by atoms with Crippen molar-refractivity contribution < 1.29 is 9.90 Å². The topological polar surface area (TPSA) is 63.1 Å². The van der Waals surface area contributed by atoms with E-state index < -0.39 is 11.4 Å². The molecule has 0 radical (unpaired) electrons. The van der Waals surface area contributed by atoms with Gasteiger partial charge in [-0.25, -0.2) is 9.97 Å². The molecule has 4 nitrogen and oxygen atoms in total. The van der Waals surface area contributed by atoms with E-state index in [0.717, 1.165) is 6.42 Å².